The van der Waals surface area contributed by atoms with Crippen molar-refractivity contribution in [3.05, 3.63) is 29.8 Å². The molecule has 1 saturated carbocycles. The van der Waals surface area contributed by atoms with Gasteiger partial charge in [-0.05, 0) is 37.5 Å². The van der Waals surface area contributed by atoms with E-state index in [1.165, 1.54) is 4.31 Å². The molecular weight excluding hydrogens is 314 g/mol. The molecule has 0 radical (unpaired) electrons. The van der Waals surface area contributed by atoms with Gasteiger partial charge in [-0.15, -0.1) is 0 Å². The molecule has 0 aromatic heterocycles. The summed E-state index contributed by atoms with van der Waals surface area (Å²) in [6.07, 6.45) is 2.08. The zero-order chi connectivity index (χ0) is 17.0. The van der Waals surface area contributed by atoms with E-state index >= 15 is 0 Å². The van der Waals surface area contributed by atoms with Crippen molar-refractivity contribution in [3.63, 3.8) is 0 Å². The van der Waals surface area contributed by atoms with E-state index in [9.17, 15) is 13.2 Å². The van der Waals surface area contributed by atoms with Crippen molar-refractivity contribution < 1.29 is 13.2 Å². The molecule has 1 aromatic carbocycles. The Morgan fingerprint density at radius 3 is 2.26 bits per heavy atom. The second kappa shape index (κ2) is 7.31. The fourth-order valence-electron chi connectivity index (χ4n) is 2.38. The quantitative estimate of drug-likeness (QED) is 0.800. The Balaban J connectivity index is 2.04. The normalized spacial score (nSPS) is 16.2. The van der Waals surface area contributed by atoms with E-state index in [1.54, 1.807) is 24.3 Å². The van der Waals surface area contributed by atoms with Gasteiger partial charge in [0.2, 0.25) is 10.0 Å². The Hall–Kier alpha value is -1.60. The molecule has 128 valence electrons. The first-order valence-electron chi connectivity index (χ1n) is 8.05. The number of hydrogen-bond donors (Lipinski definition) is 2. The van der Waals surface area contributed by atoms with E-state index in [1.807, 2.05) is 20.8 Å². The lowest BCUT2D eigenvalue weighted by Gasteiger charge is -2.19. The number of benzene rings is 1. The molecule has 1 unspecified atom stereocenters. The molecule has 2 N–H and O–H groups in total. The highest BCUT2D eigenvalue weighted by Gasteiger charge is 2.24. The van der Waals surface area contributed by atoms with Crippen molar-refractivity contribution >= 4 is 16.1 Å². The van der Waals surface area contributed by atoms with Crippen LogP contribution in [0.15, 0.2) is 29.2 Å². The van der Waals surface area contributed by atoms with Crippen LogP contribution in [0.3, 0.4) is 0 Å². The highest BCUT2D eigenvalue weighted by Crippen LogP contribution is 2.20. The van der Waals surface area contributed by atoms with Crippen molar-refractivity contribution in [1.82, 2.24) is 14.9 Å². The van der Waals surface area contributed by atoms with Gasteiger partial charge in [-0.1, -0.05) is 26.0 Å². The van der Waals surface area contributed by atoms with Crippen LogP contribution in [-0.4, -0.2) is 37.9 Å². The Labute approximate surface area is 138 Å². The van der Waals surface area contributed by atoms with Gasteiger partial charge in [0.05, 0.1) is 10.9 Å². The molecule has 0 spiro atoms. The first-order chi connectivity index (χ1) is 10.9. The van der Waals surface area contributed by atoms with Crippen LogP contribution < -0.4 is 10.6 Å². The minimum Gasteiger partial charge on any atom is -0.335 e. The third-order valence-electron chi connectivity index (χ3n) is 3.98. The molecule has 0 aliphatic heterocycles. The summed E-state index contributed by atoms with van der Waals surface area (Å²) in [5.41, 5.74) is 0.870. The fraction of sp³-hybridized carbons (Fsp3) is 0.562. The Morgan fingerprint density at radius 2 is 1.78 bits per heavy atom. The van der Waals surface area contributed by atoms with Crippen LogP contribution in [0.1, 0.15) is 45.2 Å². The highest BCUT2D eigenvalue weighted by molar-refractivity contribution is 7.89. The van der Waals surface area contributed by atoms with Gasteiger partial charge in [0, 0.05) is 19.1 Å². The lowest BCUT2D eigenvalue weighted by molar-refractivity contribution is 0.237. The maximum absolute atomic E-state index is 12.4. The van der Waals surface area contributed by atoms with Crippen LogP contribution in [0.25, 0.3) is 0 Å². The number of rotatable bonds is 7. The Kier molecular flexibility index (Phi) is 5.64. The number of carbonyl (C=O) groups is 1. The molecule has 1 atom stereocenters. The minimum atomic E-state index is -3.44. The zero-order valence-corrected chi connectivity index (χ0v) is 14.7. The molecule has 2 rings (SSSR count). The van der Waals surface area contributed by atoms with Crippen LogP contribution in [0.2, 0.25) is 0 Å². The average Bonchev–Trinajstić information content (AvgIpc) is 3.32. The number of urea groups is 1. The number of carbonyl (C=O) groups excluding carboxylic acids is 1. The summed E-state index contributed by atoms with van der Waals surface area (Å²) in [5, 5.41) is 5.73. The van der Waals surface area contributed by atoms with Crippen molar-refractivity contribution in [2.24, 2.45) is 0 Å². The highest BCUT2D eigenvalue weighted by atomic mass is 32.2. The van der Waals surface area contributed by atoms with Crippen molar-refractivity contribution in [2.75, 3.05) is 13.1 Å². The molecule has 1 aliphatic carbocycles. The zero-order valence-electron chi connectivity index (χ0n) is 13.9. The number of nitrogens with zero attached hydrogens (tertiary/aromatic N) is 1. The molecule has 1 aromatic rings. The van der Waals surface area contributed by atoms with Crippen LogP contribution in [-0.2, 0) is 10.0 Å². The SMILES string of the molecule is CCN(CC)S(=O)(=O)c1ccc(C(C)NC(=O)NC2CC2)cc1. The van der Waals surface area contributed by atoms with Gasteiger partial charge >= 0.3 is 6.03 Å². The average molecular weight is 339 g/mol. The molecule has 0 heterocycles. The molecule has 1 fully saturated rings. The Bertz CT molecular complexity index is 635. The van der Waals surface area contributed by atoms with Gasteiger partial charge in [-0.25, -0.2) is 13.2 Å². The van der Waals surface area contributed by atoms with Gasteiger partial charge in [0.15, 0.2) is 0 Å². The summed E-state index contributed by atoms with van der Waals surface area (Å²) >= 11 is 0. The largest absolute Gasteiger partial charge is 0.335 e. The van der Waals surface area contributed by atoms with Crippen LogP contribution >= 0.6 is 0 Å². The molecule has 1 aliphatic rings. The van der Waals surface area contributed by atoms with Crippen molar-refractivity contribution in [2.45, 2.75) is 50.6 Å². The lowest BCUT2D eigenvalue weighted by Crippen LogP contribution is -2.38. The first-order valence-corrected chi connectivity index (χ1v) is 9.49. The van der Waals surface area contributed by atoms with E-state index in [2.05, 4.69) is 10.6 Å². The summed E-state index contributed by atoms with van der Waals surface area (Å²) < 4.78 is 26.3. The summed E-state index contributed by atoms with van der Waals surface area (Å²) in [7, 11) is -3.44. The maximum atomic E-state index is 12.4. The van der Waals surface area contributed by atoms with E-state index in [0.717, 1.165) is 18.4 Å². The van der Waals surface area contributed by atoms with Crippen LogP contribution in [0, 0.1) is 0 Å². The van der Waals surface area contributed by atoms with E-state index < -0.39 is 10.0 Å². The van der Waals surface area contributed by atoms with Crippen LogP contribution in [0.5, 0.6) is 0 Å². The fourth-order valence-corrected chi connectivity index (χ4v) is 3.83. The molecular formula is C16H25N3O3S. The molecule has 7 heteroatoms. The number of hydrogen-bond acceptors (Lipinski definition) is 3. The van der Waals surface area contributed by atoms with Gasteiger partial charge in [-0.2, -0.15) is 4.31 Å². The molecule has 0 saturated heterocycles. The molecule has 2 amide bonds. The monoisotopic (exact) mass is 339 g/mol. The molecule has 23 heavy (non-hydrogen) atoms. The predicted molar refractivity (Wildman–Crippen MR) is 89.7 cm³/mol. The second-order valence-corrected chi connectivity index (χ2v) is 7.71. The van der Waals surface area contributed by atoms with E-state index in [4.69, 9.17) is 0 Å². The number of amides is 2. The number of sulfonamides is 1. The van der Waals surface area contributed by atoms with E-state index in [0.29, 0.717) is 19.1 Å². The summed E-state index contributed by atoms with van der Waals surface area (Å²) in [5.74, 6) is 0. The smallest absolute Gasteiger partial charge is 0.315 e. The van der Waals surface area contributed by atoms with Gasteiger partial charge in [0.1, 0.15) is 0 Å². The molecule has 6 nitrogen and oxygen atoms in total. The Morgan fingerprint density at radius 1 is 1.22 bits per heavy atom. The minimum absolute atomic E-state index is 0.181. The summed E-state index contributed by atoms with van der Waals surface area (Å²) in [4.78, 5) is 12.0. The summed E-state index contributed by atoms with van der Waals surface area (Å²) in [6.45, 7) is 6.40. The van der Waals surface area contributed by atoms with Gasteiger partial charge in [-0.3, -0.25) is 0 Å². The van der Waals surface area contributed by atoms with Gasteiger partial charge < -0.3 is 10.6 Å². The maximum Gasteiger partial charge on any atom is 0.315 e. The molecule has 0 bridgehead atoms. The third kappa shape index (κ3) is 4.45. The topological polar surface area (TPSA) is 78.5 Å². The number of nitrogens with one attached hydrogen (secondary N) is 2. The van der Waals surface area contributed by atoms with E-state index in [-0.39, 0.29) is 17.0 Å². The predicted octanol–water partition coefficient (Wildman–Crippen LogP) is 2.24. The van der Waals surface area contributed by atoms with Gasteiger partial charge in [0.25, 0.3) is 0 Å². The van der Waals surface area contributed by atoms with Crippen molar-refractivity contribution in [3.8, 4) is 0 Å². The van der Waals surface area contributed by atoms with Crippen molar-refractivity contribution in [1.29, 1.82) is 0 Å². The first kappa shape index (κ1) is 17.7. The lowest BCUT2D eigenvalue weighted by atomic mass is 10.1. The third-order valence-corrected chi connectivity index (χ3v) is 6.05. The van der Waals surface area contributed by atoms with Crippen LogP contribution in [0.4, 0.5) is 4.79 Å². The summed E-state index contributed by atoms with van der Waals surface area (Å²) in [6, 6.07) is 6.64. The second-order valence-electron chi connectivity index (χ2n) is 5.77. The standard InChI is InChI=1S/C16H25N3O3S/c1-4-19(5-2)23(21,22)15-10-6-13(7-11-15)12(3)17-16(20)18-14-8-9-14/h6-7,10-12,14H,4-5,8-9H2,1-3H3,(H2,17,18,20).